The van der Waals surface area contributed by atoms with Crippen LogP contribution in [0, 0.1) is 0 Å². The van der Waals surface area contributed by atoms with Crippen LogP contribution in [0.1, 0.15) is 6.92 Å². The van der Waals surface area contributed by atoms with Crippen LogP contribution in [-0.4, -0.2) is 88.0 Å². The van der Waals surface area contributed by atoms with Crippen LogP contribution in [0.25, 0.3) is 0 Å². The summed E-state index contributed by atoms with van der Waals surface area (Å²) in [6.07, 6.45) is 0. The quantitative estimate of drug-likeness (QED) is 0.566. The van der Waals surface area contributed by atoms with E-state index < -0.39 is 39.9 Å². The van der Waals surface area contributed by atoms with Crippen LogP contribution < -0.4 is 5.32 Å². The third kappa shape index (κ3) is 5.31. The van der Waals surface area contributed by atoms with Crippen molar-refractivity contribution in [1.29, 1.82) is 0 Å². The largest absolute Gasteiger partial charge is 0.467 e. The Bertz CT molecular complexity index is 844. The molecule has 1 saturated heterocycles. The second kappa shape index (κ2) is 9.81. The summed E-state index contributed by atoms with van der Waals surface area (Å²) >= 11 is 0. The Morgan fingerprint density at radius 2 is 1.83 bits per heavy atom. The summed E-state index contributed by atoms with van der Waals surface area (Å²) in [5.41, 5.74) is 0. The van der Waals surface area contributed by atoms with E-state index in [2.05, 4.69) is 10.1 Å². The topological polar surface area (TPSA) is 122 Å². The number of hydrogen-bond acceptors (Lipinski definition) is 7. The number of nitrogens with one attached hydrogen (secondary N) is 1. The van der Waals surface area contributed by atoms with Crippen molar-refractivity contribution in [3.63, 3.8) is 0 Å². The molecule has 1 aromatic rings. The monoisotopic (exact) mass is 427 g/mol. The number of nitrogens with zero attached hydrogens (tertiary/aromatic N) is 2. The number of amides is 2. The third-order valence-electron chi connectivity index (χ3n) is 4.53. The summed E-state index contributed by atoms with van der Waals surface area (Å²) in [7, 11) is -1.31. The second-order valence-corrected chi connectivity index (χ2v) is 8.40. The molecule has 2 amide bonds. The standard InChI is InChI=1S/C18H25N3O7S/c1-13(18(24)28-3)19-17(23)15-11-20(9-10-21(15)16(22)12-27-2)29(25,26)14-7-5-4-6-8-14/h4-8,13,15H,9-12H2,1-3H3,(H,19,23)/t13-,15+/m1/s1. The number of rotatable bonds is 7. The van der Waals surface area contributed by atoms with Crippen molar-refractivity contribution in [2.24, 2.45) is 0 Å². The van der Waals surface area contributed by atoms with Gasteiger partial charge in [-0.05, 0) is 19.1 Å². The molecule has 29 heavy (non-hydrogen) atoms. The van der Waals surface area contributed by atoms with E-state index in [4.69, 9.17) is 4.74 Å². The Morgan fingerprint density at radius 1 is 1.17 bits per heavy atom. The highest BCUT2D eigenvalue weighted by atomic mass is 32.2. The average Bonchev–Trinajstić information content (AvgIpc) is 2.73. The first kappa shape index (κ1) is 22.8. The summed E-state index contributed by atoms with van der Waals surface area (Å²) in [4.78, 5) is 38.1. The van der Waals surface area contributed by atoms with E-state index in [0.717, 1.165) is 4.31 Å². The molecule has 2 atom stereocenters. The van der Waals surface area contributed by atoms with Gasteiger partial charge in [0.25, 0.3) is 0 Å². The maximum absolute atomic E-state index is 12.9. The molecule has 0 aliphatic carbocycles. The van der Waals surface area contributed by atoms with E-state index in [0.29, 0.717) is 0 Å². The maximum Gasteiger partial charge on any atom is 0.328 e. The lowest BCUT2D eigenvalue weighted by Crippen LogP contribution is -2.63. The van der Waals surface area contributed by atoms with Gasteiger partial charge in [0.2, 0.25) is 21.8 Å². The van der Waals surface area contributed by atoms with Gasteiger partial charge in [0.1, 0.15) is 18.7 Å². The molecule has 0 aromatic heterocycles. The van der Waals surface area contributed by atoms with Crippen LogP contribution in [0.15, 0.2) is 35.2 Å². The van der Waals surface area contributed by atoms with E-state index in [1.165, 1.54) is 38.2 Å². The Labute approximate surface area is 169 Å². The number of esters is 1. The zero-order valence-corrected chi connectivity index (χ0v) is 17.3. The number of benzene rings is 1. The number of hydrogen-bond donors (Lipinski definition) is 1. The van der Waals surface area contributed by atoms with E-state index >= 15 is 0 Å². The predicted molar refractivity (Wildman–Crippen MR) is 102 cm³/mol. The van der Waals surface area contributed by atoms with Gasteiger partial charge in [0.05, 0.1) is 12.0 Å². The fourth-order valence-corrected chi connectivity index (χ4v) is 4.45. The first-order valence-electron chi connectivity index (χ1n) is 8.94. The first-order valence-corrected chi connectivity index (χ1v) is 10.4. The van der Waals surface area contributed by atoms with Gasteiger partial charge >= 0.3 is 5.97 Å². The van der Waals surface area contributed by atoms with Crippen LogP contribution in [0.2, 0.25) is 0 Å². The first-order chi connectivity index (χ1) is 13.7. The molecule has 0 spiro atoms. The van der Waals surface area contributed by atoms with Gasteiger partial charge in [0.15, 0.2) is 0 Å². The van der Waals surface area contributed by atoms with Crippen molar-refractivity contribution in [3.8, 4) is 0 Å². The molecule has 1 fully saturated rings. The van der Waals surface area contributed by atoms with Crippen molar-refractivity contribution >= 4 is 27.8 Å². The molecule has 2 rings (SSSR count). The van der Waals surface area contributed by atoms with Gasteiger partial charge in [0, 0.05) is 26.7 Å². The minimum absolute atomic E-state index is 0.0128. The van der Waals surface area contributed by atoms with E-state index in [9.17, 15) is 22.8 Å². The Balaban J connectivity index is 2.27. The fraction of sp³-hybridized carbons (Fsp3) is 0.500. The SMILES string of the molecule is COCC(=O)N1CCN(S(=O)(=O)c2ccccc2)C[C@H]1C(=O)N[C@H](C)C(=O)OC. The number of methoxy groups -OCH3 is 2. The molecule has 1 N–H and O–H groups in total. The van der Waals surface area contributed by atoms with Gasteiger partial charge in [-0.3, -0.25) is 9.59 Å². The Kier molecular flexibility index (Phi) is 7.71. The molecule has 1 aliphatic rings. The smallest absolute Gasteiger partial charge is 0.328 e. The molecular weight excluding hydrogens is 402 g/mol. The number of carbonyl (C=O) groups excluding carboxylic acids is 3. The summed E-state index contributed by atoms with van der Waals surface area (Å²) < 4.78 is 36.5. The molecular formula is C18H25N3O7S. The fourth-order valence-electron chi connectivity index (χ4n) is 2.99. The minimum Gasteiger partial charge on any atom is -0.467 e. The number of carbonyl (C=O) groups is 3. The van der Waals surface area contributed by atoms with E-state index in [-0.39, 0.29) is 31.1 Å². The normalized spacial score (nSPS) is 18.7. The molecule has 0 radical (unpaired) electrons. The Hall–Kier alpha value is -2.50. The lowest BCUT2D eigenvalue weighted by molar-refractivity contribution is -0.148. The van der Waals surface area contributed by atoms with Crippen LogP contribution in [-0.2, 0) is 33.9 Å². The van der Waals surface area contributed by atoms with E-state index in [1.807, 2.05) is 0 Å². The summed E-state index contributed by atoms with van der Waals surface area (Å²) in [5.74, 6) is -1.76. The van der Waals surface area contributed by atoms with Crippen molar-refractivity contribution in [3.05, 3.63) is 30.3 Å². The lowest BCUT2D eigenvalue weighted by Gasteiger charge is -2.40. The highest BCUT2D eigenvalue weighted by molar-refractivity contribution is 7.89. The molecule has 0 unspecified atom stereocenters. The zero-order chi connectivity index (χ0) is 21.6. The number of sulfonamides is 1. The molecule has 1 aliphatic heterocycles. The zero-order valence-electron chi connectivity index (χ0n) is 16.5. The minimum atomic E-state index is -3.85. The van der Waals surface area contributed by atoms with Crippen LogP contribution in [0.3, 0.4) is 0 Å². The van der Waals surface area contributed by atoms with Crippen molar-refractivity contribution in [2.75, 3.05) is 40.5 Å². The maximum atomic E-state index is 12.9. The van der Waals surface area contributed by atoms with Crippen molar-refractivity contribution in [1.82, 2.24) is 14.5 Å². The summed E-state index contributed by atoms with van der Waals surface area (Å²) in [6, 6.07) is 5.77. The molecule has 11 heteroatoms. The van der Waals surface area contributed by atoms with Gasteiger partial charge in [-0.2, -0.15) is 4.31 Å². The molecule has 1 aromatic carbocycles. The summed E-state index contributed by atoms with van der Waals surface area (Å²) in [6.45, 7) is 0.989. The molecule has 0 saturated carbocycles. The van der Waals surface area contributed by atoms with Crippen LogP contribution >= 0.6 is 0 Å². The average molecular weight is 427 g/mol. The van der Waals surface area contributed by atoms with E-state index in [1.54, 1.807) is 18.2 Å². The van der Waals surface area contributed by atoms with Gasteiger partial charge in [-0.15, -0.1) is 0 Å². The van der Waals surface area contributed by atoms with Gasteiger partial charge in [-0.1, -0.05) is 18.2 Å². The van der Waals surface area contributed by atoms with Crippen molar-refractivity contribution in [2.45, 2.75) is 23.9 Å². The van der Waals surface area contributed by atoms with Gasteiger partial charge < -0.3 is 19.7 Å². The highest BCUT2D eigenvalue weighted by Crippen LogP contribution is 2.20. The van der Waals surface area contributed by atoms with Crippen molar-refractivity contribution < 1.29 is 32.3 Å². The Morgan fingerprint density at radius 3 is 2.41 bits per heavy atom. The lowest BCUT2D eigenvalue weighted by atomic mass is 10.1. The molecule has 160 valence electrons. The molecule has 1 heterocycles. The molecule has 10 nitrogen and oxygen atoms in total. The predicted octanol–water partition coefficient (Wildman–Crippen LogP) is -0.788. The molecule has 0 bridgehead atoms. The highest BCUT2D eigenvalue weighted by Gasteiger charge is 2.40. The van der Waals surface area contributed by atoms with Crippen LogP contribution in [0.4, 0.5) is 0 Å². The van der Waals surface area contributed by atoms with Crippen LogP contribution in [0.5, 0.6) is 0 Å². The number of ether oxygens (including phenoxy) is 2. The second-order valence-electron chi connectivity index (χ2n) is 6.47. The van der Waals surface area contributed by atoms with Gasteiger partial charge in [-0.25, -0.2) is 13.2 Å². The summed E-state index contributed by atoms with van der Waals surface area (Å²) in [5, 5.41) is 2.47. The number of piperazine rings is 1. The third-order valence-corrected chi connectivity index (χ3v) is 6.41.